The molecule has 19 heavy (non-hydrogen) atoms. The minimum absolute atomic E-state index is 0.00871. The summed E-state index contributed by atoms with van der Waals surface area (Å²) in [4.78, 5) is 10.6. The van der Waals surface area contributed by atoms with Crippen LogP contribution in [0.25, 0.3) is 0 Å². The second-order valence-electron chi connectivity index (χ2n) is 4.47. The Balaban J connectivity index is 3.00. The number of ether oxygens (including phenoxy) is 2. The van der Waals surface area contributed by atoms with Crippen LogP contribution in [0.4, 0.5) is 0 Å². The van der Waals surface area contributed by atoms with Crippen molar-refractivity contribution >= 4 is 17.6 Å². The number of carboxylic acid groups (broad SMARTS) is 1. The first-order valence-corrected chi connectivity index (χ1v) is 6.57. The van der Waals surface area contributed by atoms with Gasteiger partial charge in [0.2, 0.25) is 0 Å². The van der Waals surface area contributed by atoms with Crippen LogP contribution in [0.3, 0.4) is 0 Å². The second-order valence-corrected chi connectivity index (χ2v) is 4.88. The Kier molecular flexibility index (Phi) is 5.96. The quantitative estimate of drug-likeness (QED) is 0.833. The zero-order valence-electron chi connectivity index (χ0n) is 11.4. The summed E-state index contributed by atoms with van der Waals surface area (Å²) in [6, 6.07) is 3.49. The van der Waals surface area contributed by atoms with E-state index in [1.807, 2.05) is 13.8 Å². The number of hydrogen-bond acceptors (Lipinski definition) is 3. The molecule has 0 fully saturated rings. The van der Waals surface area contributed by atoms with Crippen molar-refractivity contribution in [1.29, 1.82) is 0 Å². The Morgan fingerprint density at radius 2 is 2.11 bits per heavy atom. The summed E-state index contributed by atoms with van der Waals surface area (Å²) < 4.78 is 11.0. The normalized spacial score (nSPS) is 10.6. The molecule has 0 aliphatic carbocycles. The van der Waals surface area contributed by atoms with Gasteiger partial charge >= 0.3 is 5.97 Å². The van der Waals surface area contributed by atoms with Crippen molar-refractivity contribution in [3.05, 3.63) is 22.7 Å². The number of halogens is 1. The molecule has 0 atom stereocenters. The van der Waals surface area contributed by atoms with Crippen molar-refractivity contribution < 1.29 is 19.4 Å². The summed E-state index contributed by atoms with van der Waals surface area (Å²) in [5, 5.41) is 9.26. The summed E-state index contributed by atoms with van der Waals surface area (Å²) in [6.07, 6.45) is 1.15. The molecule has 0 spiro atoms. The van der Waals surface area contributed by atoms with Gasteiger partial charge in [0.05, 0.1) is 13.2 Å². The molecule has 0 aromatic heterocycles. The fraction of sp³-hybridized carbons (Fsp3) is 0.500. The van der Waals surface area contributed by atoms with E-state index in [1.54, 1.807) is 19.2 Å². The van der Waals surface area contributed by atoms with Crippen molar-refractivity contribution in [2.24, 2.45) is 0 Å². The van der Waals surface area contributed by atoms with E-state index in [9.17, 15) is 4.79 Å². The van der Waals surface area contributed by atoms with Gasteiger partial charge in [0.1, 0.15) is 0 Å². The average molecular weight is 287 g/mol. The van der Waals surface area contributed by atoms with E-state index in [0.717, 1.165) is 5.56 Å². The predicted octanol–water partition coefficient (Wildman–Crippen LogP) is 3.54. The molecule has 106 valence electrons. The molecule has 0 aliphatic heterocycles. The van der Waals surface area contributed by atoms with Crippen LogP contribution >= 0.6 is 11.6 Å². The Labute approximate surface area is 118 Å². The van der Waals surface area contributed by atoms with Gasteiger partial charge in [0, 0.05) is 17.0 Å². The molecule has 1 N–H and O–H groups in total. The third-order valence-electron chi connectivity index (χ3n) is 2.56. The van der Waals surface area contributed by atoms with E-state index < -0.39 is 5.97 Å². The summed E-state index contributed by atoms with van der Waals surface area (Å²) >= 11 is 6.17. The van der Waals surface area contributed by atoms with Crippen molar-refractivity contribution in [2.45, 2.75) is 39.2 Å². The molecule has 1 aromatic carbocycles. The predicted molar refractivity (Wildman–Crippen MR) is 74.3 cm³/mol. The van der Waals surface area contributed by atoms with E-state index in [2.05, 4.69) is 0 Å². The number of carboxylic acids is 1. The van der Waals surface area contributed by atoms with Gasteiger partial charge in [-0.05, 0) is 38.8 Å². The fourth-order valence-corrected chi connectivity index (χ4v) is 2.00. The molecular weight excluding hydrogens is 268 g/mol. The number of methoxy groups -OCH3 is 1. The Hall–Kier alpha value is -1.42. The first-order valence-electron chi connectivity index (χ1n) is 6.19. The molecule has 1 rings (SSSR count). The molecule has 0 radical (unpaired) electrons. The second kappa shape index (κ2) is 7.24. The van der Waals surface area contributed by atoms with Gasteiger partial charge in [-0.1, -0.05) is 11.6 Å². The molecule has 4 nitrogen and oxygen atoms in total. The van der Waals surface area contributed by atoms with E-state index in [4.69, 9.17) is 26.2 Å². The van der Waals surface area contributed by atoms with E-state index in [0.29, 0.717) is 29.4 Å². The summed E-state index contributed by atoms with van der Waals surface area (Å²) in [5.41, 5.74) is 0.802. The molecule has 0 aliphatic rings. The number of benzene rings is 1. The first kappa shape index (κ1) is 15.6. The molecule has 1 aromatic rings. The Morgan fingerprint density at radius 3 is 2.63 bits per heavy atom. The summed E-state index contributed by atoms with van der Waals surface area (Å²) in [6.45, 7) is 3.84. The maximum atomic E-state index is 10.6. The van der Waals surface area contributed by atoms with Crippen molar-refractivity contribution in [2.75, 3.05) is 7.11 Å². The summed E-state index contributed by atoms with van der Waals surface area (Å²) in [5.74, 6) is 0.407. The van der Waals surface area contributed by atoms with E-state index in [-0.39, 0.29) is 12.5 Å². The van der Waals surface area contributed by atoms with Crippen LogP contribution in [-0.2, 0) is 11.2 Å². The summed E-state index contributed by atoms with van der Waals surface area (Å²) in [7, 11) is 1.57. The molecule has 0 saturated heterocycles. The maximum absolute atomic E-state index is 10.6. The van der Waals surface area contributed by atoms with Crippen molar-refractivity contribution in [3.63, 3.8) is 0 Å². The Morgan fingerprint density at radius 1 is 1.42 bits per heavy atom. The van der Waals surface area contributed by atoms with Crippen LogP contribution in [0.15, 0.2) is 12.1 Å². The number of aliphatic carboxylic acids is 1. The molecule has 0 bridgehead atoms. The smallest absolute Gasteiger partial charge is 0.303 e. The van der Waals surface area contributed by atoms with Crippen LogP contribution in [0.2, 0.25) is 5.02 Å². The van der Waals surface area contributed by atoms with Gasteiger partial charge in [-0.15, -0.1) is 0 Å². The van der Waals surface area contributed by atoms with E-state index in [1.165, 1.54) is 0 Å². The van der Waals surface area contributed by atoms with Crippen molar-refractivity contribution in [1.82, 2.24) is 0 Å². The van der Waals surface area contributed by atoms with Gasteiger partial charge in [-0.25, -0.2) is 0 Å². The van der Waals surface area contributed by atoms with Crippen LogP contribution in [0.1, 0.15) is 32.3 Å². The van der Waals surface area contributed by atoms with Crippen LogP contribution < -0.4 is 9.47 Å². The lowest BCUT2D eigenvalue weighted by Crippen LogP contribution is -2.09. The third-order valence-corrected chi connectivity index (χ3v) is 2.91. The lowest BCUT2D eigenvalue weighted by molar-refractivity contribution is -0.137. The molecule has 0 heterocycles. The highest BCUT2D eigenvalue weighted by Gasteiger charge is 2.16. The Bertz CT molecular complexity index is 443. The molecular formula is C14H19ClO4. The lowest BCUT2D eigenvalue weighted by atomic mass is 10.1. The highest BCUT2D eigenvalue weighted by molar-refractivity contribution is 6.31. The van der Waals surface area contributed by atoms with Crippen molar-refractivity contribution in [3.8, 4) is 11.5 Å². The standard InChI is InChI=1S/C14H19ClO4/c1-9(2)19-14-10(5-4-6-13(16)17)11(15)7-8-12(14)18-3/h7-9H,4-6H2,1-3H3,(H,16,17). The minimum atomic E-state index is -0.814. The third kappa shape index (κ3) is 4.63. The largest absolute Gasteiger partial charge is 0.493 e. The van der Waals surface area contributed by atoms with Crippen LogP contribution in [-0.4, -0.2) is 24.3 Å². The lowest BCUT2D eigenvalue weighted by Gasteiger charge is -2.18. The maximum Gasteiger partial charge on any atom is 0.303 e. The minimum Gasteiger partial charge on any atom is -0.493 e. The van der Waals surface area contributed by atoms with Crippen LogP contribution in [0, 0.1) is 0 Å². The number of carbonyl (C=O) groups is 1. The highest BCUT2D eigenvalue weighted by atomic mass is 35.5. The molecule has 0 amide bonds. The van der Waals surface area contributed by atoms with Gasteiger partial charge in [0.25, 0.3) is 0 Å². The number of hydrogen-bond donors (Lipinski definition) is 1. The topological polar surface area (TPSA) is 55.8 Å². The van der Waals surface area contributed by atoms with E-state index >= 15 is 0 Å². The average Bonchev–Trinajstić information content (AvgIpc) is 2.32. The molecule has 0 unspecified atom stereocenters. The van der Waals surface area contributed by atoms with Gasteiger partial charge in [-0.2, -0.15) is 0 Å². The van der Waals surface area contributed by atoms with Gasteiger partial charge in [-0.3, -0.25) is 4.79 Å². The van der Waals surface area contributed by atoms with Crippen LogP contribution in [0.5, 0.6) is 11.5 Å². The zero-order chi connectivity index (χ0) is 14.4. The zero-order valence-corrected chi connectivity index (χ0v) is 12.2. The first-order chi connectivity index (χ1) is 8.95. The van der Waals surface area contributed by atoms with Gasteiger partial charge < -0.3 is 14.6 Å². The monoisotopic (exact) mass is 286 g/mol. The molecule has 0 saturated carbocycles. The molecule has 5 heteroatoms. The SMILES string of the molecule is COc1ccc(Cl)c(CCCC(=O)O)c1OC(C)C. The highest BCUT2D eigenvalue weighted by Crippen LogP contribution is 2.37. The number of rotatable bonds is 7. The van der Waals surface area contributed by atoms with Gasteiger partial charge in [0.15, 0.2) is 11.5 Å². The fourth-order valence-electron chi connectivity index (χ4n) is 1.76.